The van der Waals surface area contributed by atoms with Crippen LogP contribution >= 0.6 is 11.8 Å². The van der Waals surface area contributed by atoms with Crippen molar-refractivity contribution >= 4 is 17.5 Å². The topological polar surface area (TPSA) is 60.7 Å². The molecule has 5 nitrogen and oxygen atoms in total. The van der Waals surface area contributed by atoms with Crippen molar-refractivity contribution < 1.29 is 4.79 Å². The number of hydrogen-bond acceptors (Lipinski definition) is 5. The third kappa shape index (κ3) is 4.63. The number of carbonyl (C=O) groups is 1. The van der Waals surface area contributed by atoms with Crippen LogP contribution in [0.15, 0.2) is 47.9 Å². The minimum absolute atomic E-state index is 0.195. The van der Waals surface area contributed by atoms with Gasteiger partial charge in [0.15, 0.2) is 11.0 Å². The van der Waals surface area contributed by atoms with E-state index in [2.05, 4.69) is 47.2 Å². The molecule has 0 aliphatic carbocycles. The highest BCUT2D eigenvalue weighted by molar-refractivity contribution is 7.99. The first-order valence-corrected chi connectivity index (χ1v) is 10.2. The Hall–Kier alpha value is -2.47. The number of thioether (sulfide) groups is 1. The molecule has 2 aromatic heterocycles. The minimum Gasteiger partial charge on any atom is -0.302 e. The monoisotopic (exact) mass is 380 g/mol. The van der Waals surface area contributed by atoms with Crippen LogP contribution in [0.25, 0.3) is 11.4 Å². The van der Waals surface area contributed by atoms with Crippen molar-refractivity contribution in [1.29, 1.82) is 0 Å². The van der Waals surface area contributed by atoms with E-state index in [-0.39, 0.29) is 5.78 Å². The number of aryl methyl sites for hydroxylation is 2. The predicted molar refractivity (Wildman–Crippen MR) is 109 cm³/mol. The van der Waals surface area contributed by atoms with Gasteiger partial charge < -0.3 is 4.57 Å². The maximum absolute atomic E-state index is 12.5. The number of nitrogens with zero attached hydrogens (tertiary/aromatic N) is 4. The van der Waals surface area contributed by atoms with Crippen LogP contribution in [0.5, 0.6) is 0 Å². The summed E-state index contributed by atoms with van der Waals surface area (Å²) in [5, 5.41) is 9.34. The van der Waals surface area contributed by atoms with E-state index in [1.807, 2.05) is 23.6 Å². The van der Waals surface area contributed by atoms with Crippen molar-refractivity contribution in [3.8, 4) is 11.4 Å². The fraction of sp³-hybridized carbons (Fsp3) is 0.333. The maximum atomic E-state index is 12.5. The fourth-order valence-corrected chi connectivity index (χ4v) is 3.84. The lowest BCUT2D eigenvalue weighted by molar-refractivity contribution is -0.116. The molecule has 0 aliphatic rings. The van der Waals surface area contributed by atoms with Crippen LogP contribution in [0.4, 0.5) is 0 Å². The lowest BCUT2D eigenvalue weighted by Gasteiger charge is -2.08. The Kier molecular flexibility index (Phi) is 6.40. The number of aromatic nitrogens is 4. The van der Waals surface area contributed by atoms with Crippen LogP contribution in [0.2, 0.25) is 0 Å². The highest BCUT2D eigenvalue weighted by atomic mass is 32.2. The molecule has 0 radical (unpaired) electrons. The Morgan fingerprint density at radius 3 is 2.70 bits per heavy atom. The summed E-state index contributed by atoms with van der Waals surface area (Å²) >= 11 is 1.45. The van der Waals surface area contributed by atoms with Crippen molar-refractivity contribution in [3.05, 3.63) is 59.4 Å². The molecule has 0 fully saturated rings. The van der Waals surface area contributed by atoms with E-state index in [0.29, 0.717) is 12.2 Å². The number of rotatable bonds is 8. The summed E-state index contributed by atoms with van der Waals surface area (Å²) in [7, 11) is 0. The van der Waals surface area contributed by atoms with E-state index >= 15 is 0 Å². The van der Waals surface area contributed by atoms with Crippen molar-refractivity contribution in [2.45, 2.75) is 45.3 Å². The van der Waals surface area contributed by atoms with Crippen LogP contribution in [0, 0.1) is 6.92 Å². The van der Waals surface area contributed by atoms with Gasteiger partial charge in [0.25, 0.3) is 0 Å². The van der Waals surface area contributed by atoms with E-state index in [0.717, 1.165) is 35.1 Å². The molecular weight excluding hydrogens is 356 g/mol. The largest absolute Gasteiger partial charge is 0.302 e. The predicted octanol–water partition coefficient (Wildman–Crippen LogP) is 4.13. The van der Waals surface area contributed by atoms with Gasteiger partial charge in [0, 0.05) is 30.9 Å². The van der Waals surface area contributed by atoms with Gasteiger partial charge in [-0.15, -0.1) is 10.2 Å². The van der Waals surface area contributed by atoms with Crippen LogP contribution in [-0.2, 0) is 24.2 Å². The van der Waals surface area contributed by atoms with E-state index in [9.17, 15) is 4.79 Å². The summed E-state index contributed by atoms with van der Waals surface area (Å²) < 4.78 is 2.02. The number of pyridine rings is 1. The van der Waals surface area contributed by atoms with Crippen molar-refractivity contribution in [3.63, 3.8) is 0 Å². The second-order valence-electron chi connectivity index (χ2n) is 6.41. The Bertz CT molecular complexity index is 921. The average molecular weight is 381 g/mol. The second-order valence-corrected chi connectivity index (χ2v) is 7.35. The van der Waals surface area contributed by atoms with Gasteiger partial charge in [-0.25, -0.2) is 0 Å². The normalized spacial score (nSPS) is 10.9. The summed E-state index contributed by atoms with van der Waals surface area (Å²) in [6.07, 6.45) is 4.98. The molecular formula is C21H24N4OS. The zero-order valence-corrected chi connectivity index (χ0v) is 16.8. The van der Waals surface area contributed by atoms with Crippen LogP contribution in [0.1, 0.15) is 30.5 Å². The summed E-state index contributed by atoms with van der Waals surface area (Å²) in [5.41, 5.74) is 4.52. The number of carbonyl (C=O) groups excluding carboxylic acids is 1. The molecule has 2 heterocycles. The van der Waals surface area contributed by atoms with Gasteiger partial charge >= 0.3 is 0 Å². The van der Waals surface area contributed by atoms with Crippen LogP contribution in [0.3, 0.4) is 0 Å². The van der Waals surface area contributed by atoms with Gasteiger partial charge in [0.1, 0.15) is 5.78 Å². The number of ketones is 1. The van der Waals surface area contributed by atoms with E-state index in [1.165, 1.54) is 22.9 Å². The Morgan fingerprint density at radius 2 is 2.04 bits per heavy atom. The first-order valence-electron chi connectivity index (χ1n) is 9.18. The summed E-state index contributed by atoms with van der Waals surface area (Å²) in [5.74, 6) is 1.37. The van der Waals surface area contributed by atoms with E-state index < -0.39 is 0 Å². The molecule has 0 bridgehead atoms. The average Bonchev–Trinajstić information content (AvgIpc) is 3.11. The summed E-state index contributed by atoms with van der Waals surface area (Å²) in [4.78, 5) is 16.6. The van der Waals surface area contributed by atoms with Crippen molar-refractivity contribution in [2.24, 2.45) is 0 Å². The molecule has 0 spiro atoms. The zero-order chi connectivity index (χ0) is 19.2. The molecule has 3 aromatic rings. The van der Waals surface area contributed by atoms with E-state index in [1.54, 1.807) is 12.4 Å². The quantitative estimate of drug-likeness (QED) is 0.550. The summed E-state index contributed by atoms with van der Waals surface area (Å²) in [6, 6.07) is 10.2. The maximum Gasteiger partial charge on any atom is 0.191 e. The van der Waals surface area contributed by atoms with Gasteiger partial charge in [-0.05, 0) is 49.1 Å². The van der Waals surface area contributed by atoms with Gasteiger partial charge in [-0.3, -0.25) is 9.78 Å². The van der Waals surface area contributed by atoms with Crippen molar-refractivity contribution in [2.75, 3.05) is 5.75 Å². The molecule has 140 valence electrons. The lowest BCUT2D eigenvalue weighted by Crippen LogP contribution is -2.08. The molecule has 0 aliphatic heterocycles. The molecule has 6 heteroatoms. The zero-order valence-electron chi connectivity index (χ0n) is 16.0. The third-order valence-corrected chi connectivity index (χ3v) is 5.54. The molecule has 0 saturated heterocycles. The Labute approximate surface area is 164 Å². The highest BCUT2D eigenvalue weighted by Gasteiger charge is 2.15. The molecule has 0 N–H and O–H groups in total. The first-order chi connectivity index (χ1) is 13.1. The SMILES string of the molecule is CCc1ccc(CC(=O)CSc2nnc(-c3cccnc3)n2CC)c(C)c1. The molecule has 0 unspecified atom stereocenters. The van der Waals surface area contributed by atoms with Gasteiger partial charge in [0.2, 0.25) is 0 Å². The standard InChI is InChI=1S/C21H24N4OS/c1-4-16-8-9-17(15(3)11-16)12-19(26)14-27-21-24-23-20(25(21)5-2)18-7-6-10-22-13-18/h6-11,13H,4-5,12,14H2,1-3H3. The van der Waals surface area contributed by atoms with Crippen LogP contribution < -0.4 is 0 Å². The number of Topliss-reactive ketones (excluding diaryl/α,β-unsaturated/α-hetero) is 1. The first kappa shape index (κ1) is 19.3. The molecule has 0 amide bonds. The molecule has 0 saturated carbocycles. The van der Waals surface area contributed by atoms with Crippen molar-refractivity contribution in [1.82, 2.24) is 19.7 Å². The molecule has 27 heavy (non-hydrogen) atoms. The smallest absolute Gasteiger partial charge is 0.191 e. The fourth-order valence-electron chi connectivity index (χ4n) is 2.97. The van der Waals surface area contributed by atoms with Gasteiger partial charge in [-0.1, -0.05) is 36.9 Å². The lowest BCUT2D eigenvalue weighted by atomic mass is 10.0. The number of benzene rings is 1. The molecule has 1 aromatic carbocycles. The number of hydrogen-bond donors (Lipinski definition) is 0. The molecule has 3 rings (SSSR count). The minimum atomic E-state index is 0.195. The molecule has 0 atom stereocenters. The van der Waals surface area contributed by atoms with Crippen LogP contribution in [-0.4, -0.2) is 31.3 Å². The summed E-state index contributed by atoms with van der Waals surface area (Å²) in [6.45, 7) is 7.00. The highest BCUT2D eigenvalue weighted by Crippen LogP contribution is 2.24. The van der Waals surface area contributed by atoms with E-state index in [4.69, 9.17) is 0 Å². The Balaban J connectivity index is 1.66. The second kappa shape index (κ2) is 8.95. The van der Waals surface area contributed by atoms with Gasteiger partial charge in [-0.2, -0.15) is 0 Å². The van der Waals surface area contributed by atoms with Gasteiger partial charge in [0.05, 0.1) is 5.75 Å². The Morgan fingerprint density at radius 1 is 1.19 bits per heavy atom. The third-order valence-electron chi connectivity index (χ3n) is 4.52.